The molecular formula is C18H19N5O2S. The molecule has 0 bridgehead atoms. The Labute approximate surface area is 156 Å². The molecule has 0 saturated heterocycles. The van der Waals surface area contributed by atoms with Gasteiger partial charge >= 0.3 is 0 Å². The van der Waals surface area contributed by atoms with E-state index in [4.69, 9.17) is 17.0 Å². The molecule has 7 nitrogen and oxygen atoms in total. The topological polar surface area (TPSA) is 84.8 Å². The Morgan fingerprint density at radius 3 is 2.69 bits per heavy atom. The van der Waals surface area contributed by atoms with Crippen molar-refractivity contribution in [2.75, 3.05) is 12.4 Å². The van der Waals surface area contributed by atoms with Crippen LogP contribution in [0.15, 0.2) is 42.6 Å². The molecule has 0 spiro atoms. The predicted octanol–water partition coefficient (Wildman–Crippen LogP) is 3.35. The van der Waals surface area contributed by atoms with Crippen LogP contribution in [0, 0.1) is 11.7 Å². The zero-order chi connectivity index (χ0) is 18.5. The van der Waals surface area contributed by atoms with Gasteiger partial charge in [0.05, 0.1) is 7.11 Å². The first-order valence-corrected chi connectivity index (χ1v) is 8.50. The normalized spacial score (nSPS) is 10.5. The molecule has 2 N–H and O–H groups in total. The van der Waals surface area contributed by atoms with Crippen molar-refractivity contribution in [3.05, 3.63) is 52.9 Å². The van der Waals surface area contributed by atoms with Crippen molar-refractivity contribution in [2.45, 2.75) is 19.9 Å². The molecule has 0 fully saturated rings. The summed E-state index contributed by atoms with van der Waals surface area (Å²) in [7, 11) is 1.62. The second-order valence-corrected chi connectivity index (χ2v) is 6.14. The highest BCUT2D eigenvalue weighted by Crippen LogP contribution is 2.21. The number of nitrogens with zero attached hydrogens (tertiary/aromatic N) is 3. The molecule has 26 heavy (non-hydrogen) atoms. The smallest absolute Gasteiger partial charge is 0.227 e. The lowest BCUT2D eigenvalue weighted by molar-refractivity contribution is -0.116. The molecule has 3 aromatic rings. The number of ether oxygens (including phenoxy) is 1. The van der Waals surface area contributed by atoms with E-state index in [-0.39, 0.29) is 12.3 Å². The van der Waals surface area contributed by atoms with E-state index in [9.17, 15) is 4.79 Å². The van der Waals surface area contributed by atoms with Gasteiger partial charge in [-0.3, -0.25) is 14.5 Å². The van der Waals surface area contributed by atoms with E-state index in [2.05, 4.69) is 20.5 Å². The quantitative estimate of drug-likeness (QED) is 0.651. The first-order chi connectivity index (χ1) is 12.6. The van der Waals surface area contributed by atoms with Gasteiger partial charge in [0.1, 0.15) is 11.6 Å². The molecule has 0 radical (unpaired) electrons. The van der Waals surface area contributed by atoms with Crippen molar-refractivity contribution in [1.29, 1.82) is 0 Å². The molecule has 0 unspecified atom stereocenters. The van der Waals surface area contributed by atoms with Crippen LogP contribution >= 0.6 is 12.2 Å². The molecule has 0 saturated carbocycles. The molecule has 2 heterocycles. The van der Waals surface area contributed by atoms with Gasteiger partial charge in [0, 0.05) is 24.7 Å². The van der Waals surface area contributed by atoms with Crippen molar-refractivity contribution in [2.24, 2.45) is 0 Å². The lowest BCUT2D eigenvalue weighted by Crippen LogP contribution is -2.15. The maximum atomic E-state index is 12.2. The molecule has 0 aliphatic rings. The standard InChI is InChI=1S/C18H19N5O2S/c1-12-3-8-15(19-11-12)20-16(24)9-10-23-17(21-22-18(23)26)13-4-6-14(25-2)7-5-13/h3-8,11H,9-10H2,1-2H3,(H,22,26)(H,19,20,24). The third-order valence-corrected chi connectivity index (χ3v) is 4.16. The SMILES string of the molecule is COc1ccc(-c2n[nH]c(=S)n2CCC(=O)Nc2ccc(C)cn2)cc1. The first-order valence-electron chi connectivity index (χ1n) is 8.09. The molecule has 3 rings (SSSR count). The second kappa shape index (κ2) is 7.92. The van der Waals surface area contributed by atoms with E-state index < -0.39 is 0 Å². The molecule has 0 atom stereocenters. The number of anilines is 1. The van der Waals surface area contributed by atoms with Crippen LogP contribution in [-0.2, 0) is 11.3 Å². The minimum atomic E-state index is -0.134. The fourth-order valence-corrected chi connectivity index (χ4v) is 2.67. The number of carbonyl (C=O) groups excluding carboxylic acids is 1. The number of carbonyl (C=O) groups is 1. The van der Waals surface area contributed by atoms with E-state index >= 15 is 0 Å². The number of benzene rings is 1. The molecule has 1 amide bonds. The maximum absolute atomic E-state index is 12.2. The third-order valence-electron chi connectivity index (χ3n) is 3.85. The van der Waals surface area contributed by atoms with E-state index in [0.717, 1.165) is 16.9 Å². The average molecular weight is 369 g/mol. The van der Waals surface area contributed by atoms with Crippen LogP contribution in [0.1, 0.15) is 12.0 Å². The van der Waals surface area contributed by atoms with E-state index in [1.165, 1.54) is 0 Å². The number of amides is 1. The summed E-state index contributed by atoms with van der Waals surface area (Å²) in [5.74, 6) is 1.84. The fraction of sp³-hybridized carbons (Fsp3) is 0.222. The summed E-state index contributed by atoms with van der Waals surface area (Å²) < 4.78 is 7.44. The molecule has 134 valence electrons. The number of pyridine rings is 1. The number of hydrogen-bond donors (Lipinski definition) is 2. The Morgan fingerprint density at radius 1 is 1.27 bits per heavy atom. The minimum absolute atomic E-state index is 0.134. The van der Waals surface area contributed by atoms with E-state index in [0.29, 0.717) is 23.0 Å². The predicted molar refractivity (Wildman–Crippen MR) is 102 cm³/mol. The summed E-state index contributed by atoms with van der Waals surface area (Å²) in [5, 5.41) is 9.84. The van der Waals surface area contributed by atoms with Crippen LogP contribution in [0.25, 0.3) is 11.4 Å². The number of aryl methyl sites for hydroxylation is 1. The number of H-pyrrole nitrogens is 1. The molecule has 1 aromatic carbocycles. The number of methoxy groups -OCH3 is 1. The van der Waals surface area contributed by atoms with Gasteiger partial charge in [-0.2, -0.15) is 5.10 Å². The number of rotatable bonds is 6. The van der Waals surface area contributed by atoms with Crippen molar-refractivity contribution < 1.29 is 9.53 Å². The molecule has 0 aliphatic heterocycles. The van der Waals surface area contributed by atoms with Crippen molar-refractivity contribution in [1.82, 2.24) is 19.7 Å². The lowest BCUT2D eigenvalue weighted by Gasteiger charge is -2.08. The van der Waals surface area contributed by atoms with Gasteiger partial charge in [-0.25, -0.2) is 4.98 Å². The highest BCUT2D eigenvalue weighted by atomic mass is 32.1. The molecular weight excluding hydrogens is 350 g/mol. The molecule has 0 aliphatic carbocycles. The summed E-state index contributed by atoms with van der Waals surface area (Å²) in [4.78, 5) is 16.4. The van der Waals surface area contributed by atoms with Gasteiger partial charge in [0.25, 0.3) is 0 Å². The fourth-order valence-electron chi connectivity index (χ4n) is 2.45. The number of nitrogens with one attached hydrogen (secondary N) is 2. The monoisotopic (exact) mass is 369 g/mol. The van der Waals surface area contributed by atoms with Crippen LogP contribution < -0.4 is 10.1 Å². The lowest BCUT2D eigenvalue weighted by atomic mass is 10.2. The molecule has 2 aromatic heterocycles. The van der Waals surface area contributed by atoms with Crippen LogP contribution in [0.4, 0.5) is 5.82 Å². The summed E-state index contributed by atoms with van der Waals surface area (Å²) in [5.41, 5.74) is 1.93. The Hall–Kier alpha value is -3.00. The minimum Gasteiger partial charge on any atom is -0.497 e. The van der Waals surface area contributed by atoms with Gasteiger partial charge in [-0.1, -0.05) is 6.07 Å². The highest BCUT2D eigenvalue weighted by Gasteiger charge is 2.11. The van der Waals surface area contributed by atoms with Crippen LogP contribution in [0.2, 0.25) is 0 Å². The zero-order valence-electron chi connectivity index (χ0n) is 14.5. The summed E-state index contributed by atoms with van der Waals surface area (Å²) >= 11 is 5.29. The van der Waals surface area contributed by atoms with Crippen molar-refractivity contribution in [3.8, 4) is 17.1 Å². The van der Waals surface area contributed by atoms with E-state index in [1.54, 1.807) is 23.9 Å². The van der Waals surface area contributed by atoms with Crippen LogP contribution in [0.5, 0.6) is 5.75 Å². The second-order valence-electron chi connectivity index (χ2n) is 5.75. The van der Waals surface area contributed by atoms with Gasteiger partial charge in [-0.05, 0) is 55.0 Å². The Bertz CT molecular complexity index is 945. The molecule has 8 heteroatoms. The van der Waals surface area contributed by atoms with Crippen LogP contribution in [-0.4, -0.2) is 32.8 Å². The number of hydrogen-bond acceptors (Lipinski definition) is 5. The first kappa shape index (κ1) is 17.8. The average Bonchev–Trinajstić information content (AvgIpc) is 3.02. The third kappa shape index (κ3) is 4.15. The summed E-state index contributed by atoms with van der Waals surface area (Å²) in [6.07, 6.45) is 1.97. The Balaban J connectivity index is 1.69. The van der Waals surface area contributed by atoms with Gasteiger partial charge < -0.3 is 10.1 Å². The largest absolute Gasteiger partial charge is 0.497 e. The Morgan fingerprint density at radius 2 is 2.04 bits per heavy atom. The number of aromatic nitrogens is 4. The Kier molecular flexibility index (Phi) is 5.43. The zero-order valence-corrected chi connectivity index (χ0v) is 15.3. The maximum Gasteiger partial charge on any atom is 0.227 e. The van der Waals surface area contributed by atoms with Gasteiger partial charge in [0.2, 0.25) is 5.91 Å². The highest BCUT2D eigenvalue weighted by molar-refractivity contribution is 7.71. The van der Waals surface area contributed by atoms with Crippen molar-refractivity contribution in [3.63, 3.8) is 0 Å². The van der Waals surface area contributed by atoms with Crippen molar-refractivity contribution >= 4 is 23.9 Å². The number of aromatic amines is 1. The van der Waals surface area contributed by atoms with E-state index in [1.807, 2.05) is 37.3 Å². The van der Waals surface area contributed by atoms with Gasteiger partial charge in [0.15, 0.2) is 10.6 Å². The van der Waals surface area contributed by atoms with Crippen LogP contribution in [0.3, 0.4) is 0 Å². The van der Waals surface area contributed by atoms with Gasteiger partial charge in [-0.15, -0.1) is 0 Å². The summed E-state index contributed by atoms with van der Waals surface area (Å²) in [6.45, 7) is 2.36. The summed E-state index contributed by atoms with van der Waals surface area (Å²) in [6, 6.07) is 11.2.